The molecule has 5 nitrogen and oxygen atoms in total. The van der Waals surface area contributed by atoms with Crippen LogP contribution in [0, 0.1) is 15.9 Å². The van der Waals surface area contributed by atoms with Gasteiger partial charge in [0.05, 0.1) is 15.9 Å². The van der Waals surface area contributed by atoms with Gasteiger partial charge in [0.15, 0.2) is 0 Å². The van der Waals surface area contributed by atoms with Crippen LogP contribution >= 0.6 is 23.4 Å². The number of nitrogens with one attached hydrogen (secondary N) is 1. The molecule has 1 amide bonds. The number of hydrogen-bond acceptors (Lipinski definition) is 4. The second kappa shape index (κ2) is 7.43. The Morgan fingerprint density at radius 3 is 2.52 bits per heavy atom. The summed E-state index contributed by atoms with van der Waals surface area (Å²) in [7, 11) is 0. The van der Waals surface area contributed by atoms with Gasteiger partial charge in [-0.05, 0) is 37.3 Å². The molecule has 0 bridgehead atoms. The molecule has 2 aromatic carbocycles. The number of hydrogen-bond donors (Lipinski definition) is 1. The number of rotatable bonds is 5. The van der Waals surface area contributed by atoms with Crippen molar-refractivity contribution in [3.8, 4) is 0 Å². The SMILES string of the molecule is C[C@H](Sc1ccc([N+](=O)[O-])cc1)C(=O)Nc1ccc(Cl)cc1F. The summed E-state index contributed by atoms with van der Waals surface area (Å²) in [5.41, 5.74) is 0.0326. The number of amides is 1. The predicted molar refractivity (Wildman–Crippen MR) is 88.5 cm³/mol. The summed E-state index contributed by atoms with van der Waals surface area (Å²) < 4.78 is 13.7. The van der Waals surface area contributed by atoms with Gasteiger partial charge >= 0.3 is 0 Å². The van der Waals surface area contributed by atoms with Crippen LogP contribution in [-0.4, -0.2) is 16.1 Å². The van der Waals surface area contributed by atoms with Crippen molar-refractivity contribution in [1.82, 2.24) is 0 Å². The Morgan fingerprint density at radius 1 is 1.30 bits per heavy atom. The topological polar surface area (TPSA) is 72.2 Å². The van der Waals surface area contributed by atoms with Crippen LogP contribution in [0.2, 0.25) is 5.02 Å². The molecule has 0 unspecified atom stereocenters. The standard InChI is InChI=1S/C15H12ClFN2O3S/c1-9(23-12-5-3-11(4-6-12)19(21)22)15(20)18-14-7-2-10(16)8-13(14)17/h2-9H,1H3,(H,18,20)/t9-/m0/s1. The Kier molecular flexibility index (Phi) is 5.57. The van der Waals surface area contributed by atoms with Gasteiger partial charge in [0.25, 0.3) is 5.69 Å². The Hall–Kier alpha value is -2.12. The molecule has 8 heteroatoms. The van der Waals surface area contributed by atoms with Crippen LogP contribution in [0.15, 0.2) is 47.4 Å². The lowest BCUT2D eigenvalue weighted by Gasteiger charge is -2.12. The summed E-state index contributed by atoms with van der Waals surface area (Å²) in [5, 5.41) is 12.8. The number of anilines is 1. The van der Waals surface area contributed by atoms with Gasteiger partial charge in [0.1, 0.15) is 5.82 Å². The lowest BCUT2D eigenvalue weighted by molar-refractivity contribution is -0.384. The fourth-order valence-corrected chi connectivity index (χ4v) is 2.76. The van der Waals surface area contributed by atoms with Gasteiger partial charge in [-0.3, -0.25) is 14.9 Å². The molecule has 1 N–H and O–H groups in total. The molecule has 0 fully saturated rings. The van der Waals surface area contributed by atoms with Crippen molar-refractivity contribution in [2.45, 2.75) is 17.1 Å². The van der Waals surface area contributed by atoms with Crippen molar-refractivity contribution >= 4 is 40.6 Å². The first-order valence-electron chi connectivity index (χ1n) is 6.54. The molecule has 0 heterocycles. The van der Waals surface area contributed by atoms with Crippen LogP contribution in [0.1, 0.15) is 6.92 Å². The number of non-ortho nitro benzene ring substituents is 1. The summed E-state index contributed by atoms with van der Waals surface area (Å²) >= 11 is 6.87. The van der Waals surface area contributed by atoms with Gasteiger partial charge in [0, 0.05) is 22.1 Å². The van der Waals surface area contributed by atoms with E-state index in [1.165, 1.54) is 36.0 Å². The highest BCUT2D eigenvalue weighted by atomic mass is 35.5. The number of nitrogens with zero attached hydrogens (tertiary/aromatic N) is 1. The Labute approximate surface area is 141 Å². The van der Waals surface area contributed by atoms with E-state index in [0.717, 1.165) is 6.07 Å². The highest BCUT2D eigenvalue weighted by Gasteiger charge is 2.17. The zero-order valence-corrected chi connectivity index (χ0v) is 13.5. The molecule has 120 valence electrons. The minimum Gasteiger partial charge on any atom is -0.323 e. The van der Waals surface area contributed by atoms with E-state index >= 15 is 0 Å². The van der Waals surface area contributed by atoms with Crippen LogP contribution in [0.25, 0.3) is 0 Å². The molecule has 2 rings (SSSR count). The first-order valence-corrected chi connectivity index (χ1v) is 7.79. The second-order valence-corrected chi connectivity index (χ2v) is 6.48. The molecule has 0 saturated heterocycles. The van der Waals surface area contributed by atoms with E-state index in [-0.39, 0.29) is 22.3 Å². The highest BCUT2D eigenvalue weighted by molar-refractivity contribution is 8.00. The van der Waals surface area contributed by atoms with Gasteiger partial charge < -0.3 is 5.32 Å². The maximum Gasteiger partial charge on any atom is 0.269 e. The van der Waals surface area contributed by atoms with Crippen LogP contribution in [0.3, 0.4) is 0 Å². The third-order valence-corrected chi connectivity index (χ3v) is 4.27. The van der Waals surface area contributed by atoms with Crippen molar-refractivity contribution in [2.24, 2.45) is 0 Å². The molecule has 0 radical (unpaired) electrons. The third kappa shape index (κ3) is 4.67. The smallest absolute Gasteiger partial charge is 0.269 e. The fourth-order valence-electron chi connectivity index (χ4n) is 1.73. The second-order valence-electron chi connectivity index (χ2n) is 4.62. The maximum absolute atomic E-state index is 13.7. The van der Waals surface area contributed by atoms with E-state index in [1.807, 2.05) is 0 Å². The summed E-state index contributed by atoms with van der Waals surface area (Å²) in [6.45, 7) is 1.66. The molecule has 1 atom stereocenters. The number of carbonyl (C=O) groups excluding carboxylic acids is 1. The molecule has 0 spiro atoms. The third-order valence-electron chi connectivity index (χ3n) is 2.92. The van der Waals surface area contributed by atoms with Gasteiger partial charge in [-0.15, -0.1) is 11.8 Å². The quantitative estimate of drug-likeness (QED) is 0.487. The Balaban J connectivity index is 2.00. The number of halogens is 2. The van der Waals surface area contributed by atoms with Crippen LogP contribution < -0.4 is 5.32 Å². The summed E-state index contributed by atoms with van der Waals surface area (Å²) in [4.78, 5) is 22.9. The van der Waals surface area contributed by atoms with Gasteiger partial charge in [0.2, 0.25) is 5.91 Å². The molecule has 0 saturated carbocycles. The fraction of sp³-hybridized carbons (Fsp3) is 0.133. The largest absolute Gasteiger partial charge is 0.323 e. The van der Waals surface area contributed by atoms with E-state index in [4.69, 9.17) is 11.6 Å². The number of carbonyl (C=O) groups is 1. The summed E-state index contributed by atoms with van der Waals surface area (Å²) in [6.07, 6.45) is 0. The van der Waals surface area contributed by atoms with Gasteiger partial charge in [-0.25, -0.2) is 4.39 Å². The average Bonchev–Trinajstić information content (AvgIpc) is 2.50. The number of thioether (sulfide) groups is 1. The van der Waals surface area contributed by atoms with Crippen LogP contribution in [-0.2, 0) is 4.79 Å². The minimum atomic E-state index is -0.613. The lowest BCUT2D eigenvalue weighted by Crippen LogP contribution is -2.22. The average molecular weight is 355 g/mol. The van der Waals surface area contributed by atoms with Crippen LogP contribution in [0.5, 0.6) is 0 Å². The first kappa shape index (κ1) is 17.2. The molecule has 0 aliphatic rings. The first-order chi connectivity index (χ1) is 10.9. The molecule has 0 aliphatic heterocycles. The number of nitro benzene ring substituents is 1. The maximum atomic E-state index is 13.7. The van der Waals surface area contributed by atoms with Crippen molar-refractivity contribution in [3.05, 3.63) is 63.4 Å². The zero-order valence-electron chi connectivity index (χ0n) is 12.0. The monoisotopic (exact) mass is 354 g/mol. The Bertz CT molecular complexity index is 740. The highest BCUT2D eigenvalue weighted by Crippen LogP contribution is 2.27. The van der Waals surface area contributed by atoms with Gasteiger partial charge in [-0.2, -0.15) is 0 Å². The zero-order chi connectivity index (χ0) is 17.0. The van der Waals surface area contributed by atoms with E-state index in [1.54, 1.807) is 19.1 Å². The van der Waals surface area contributed by atoms with Crippen LogP contribution in [0.4, 0.5) is 15.8 Å². The summed E-state index contributed by atoms with van der Waals surface area (Å²) in [6, 6.07) is 9.85. The normalized spacial score (nSPS) is 11.8. The predicted octanol–water partition coefficient (Wildman–Crippen LogP) is 4.51. The Morgan fingerprint density at radius 2 is 1.96 bits per heavy atom. The van der Waals surface area contributed by atoms with E-state index in [0.29, 0.717) is 4.90 Å². The van der Waals surface area contributed by atoms with Crippen molar-refractivity contribution in [3.63, 3.8) is 0 Å². The van der Waals surface area contributed by atoms with E-state index in [9.17, 15) is 19.3 Å². The van der Waals surface area contributed by atoms with Crippen molar-refractivity contribution in [2.75, 3.05) is 5.32 Å². The van der Waals surface area contributed by atoms with E-state index in [2.05, 4.69) is 5.32 Å². The van der Waals surface area contributed by atoms with Gasteiger partial charge in [-0.1, -0.05) is 11.6 Å². The summed E-state index contributed by atoms with van der Waals surface area (Å²) in [5.74, 6) is -0.993. The molecular weight excluding hydrogens is 343 g/mol. The van der Waals surface area contributed by atoms with Crippen molar-refractivity contribution < 1.29 is 14.1 Å². The molecular formula is C15H12ClFN2O3S. The lowest BCUT2D eigenvalue weighted by atomic mass is 10.3. The molecule has 0 aromatic heterocycles. The molecule has 0 aliphatic carbocycles. The molecule has 23 heavy (non-hydrogen) atoms. The minimum absolute atomic E-state index is 0.0188. The molecule has 2 aromatic rings. The van der Waals surface area contributed by atoms with E-state index < -0.39 is 16.0 Å². The van der Waals surface area contributed by atoms with Crippen molar-refractivity contribution in [1.29, 1.82) is 0 Å². The number of benzene rings is 2. The number of nitro groups is 1.